The van der Waals surface area contributed by atoms with Crippen LogP contribution in [0.5, 0.6) is 11.5 Å². The lowest BCUT2D eigenvalue weighted by Gasteiger charge is -2.13. The highest BCUT2D eigenvalue weighted by Gasteiger charge is 2.16. The number of benzene rings is 2. The van der Waals surface area contributed by atoms with Crippen molar-refractivity contribution in [2.24, 2.45) is 0 Å². The van der Waals surface area contributed by atoms with Gasteiger partial charge in [0, 0.05) is 10.0 Å². The molecule has 0 aromatic heterocycles. The Morgan fingerprint density at radius 1 is 1.35 bits per heavy atom. The molecule has 0 fully saturated rings. The summed E-state index contributed by atoms with van der Waals surface area (Å²) in [5, 5.41) is 2.55. The van der Waals surface area contributed by atoms with Gasteiger partial charge in [-0.1, -0.05) is 15.9 Å². The van der Waals surface area contributed by atoms with Crippen LogP contribution >= 0.6 is 38.5 Å². The number of amides is 1. The summed E-state index contributed by atoms with van der Waals surface area (Å²) in [6.07, 6.45) is 0. The zero-order valence-electron chi connectivity index (χ0n) is 12.5. The minimum Gasteiger partial charge on any atom is -0.493 e. The molecule has 4 nitrogen and oxygen atoms in total. The molecule has 122 valence electrons. The first-order chi connectivity index (χ1) is 11.0. The normalized spacial score (nSPS) is 10.3. The maximum atomic E-state index is 13.8. The molecule has 7 heteroatoms. The van der Waals surface area contributed by atoms with E-state index in [0.717, 1.165) is 3.57 Å². The molecule has 0 saturated carbocycles. The van der Waals surface area contributed by atoms with Crippen molar-refractivity contribution in [3.63, 3.8) is 0 Å². The maximum absolute atomic E-state index is 13.8. The fraction of sp³-hybridized carbons (Fsp3) is 0.188. The van der Waals surface area contributed by atoms with Gasteiger partial charge in [0.25, 0.3) is 5.91 Å². The van der Waals surface area contributed by atoms with Crippen molar-refractivity contribution in [1.82, 2.24) is 0 Å². The smallest absolute Gasteiger partial charge is 0.255 e. The molecule has 2 rings (SSSR count). The second-order valence-corrected chi connectivity index (χ2v) is 6.58. The zero-order valence-corrected chi connectivity index (χ0v) is 16.2. The van der Waals surface area contributed by atoms with E-state index in [9.17, 15) is 9.18 Å². The van der Waals surface area contributed by atoms with Gasteiger partial charge in [0.15, 0.2) is 11.5 Å². The standard InChI is InChI=1S/C16H14BrFINO3/c1-3-23-15-12(19)6-9(7-14(15)22-2)16(21)20-13-5-4-10(17)8-11(13)18/h4-8H,3H2,1-2H3,(H,20,21). The molecule has 23 heavy (non-hydrogen) atoms. The molecule has 0 unspecified atom stereocenters. The molecule has 0 heterocycles. The van der Waals surface area contributed by atoms with Crippen LogP contribution in [0.2, 0.25) is 0 Å². The molecular weight excluding hydrogens is 480 g/mol. The number of nitrogens with one attached hydrogen (secondary N) is 1. The molecule has 0 atom stereocenters. The molecule has 2 aromatic carbocycles. The SMILES string of the molecule is CCOc1c(I)cc(C(=O)Nc2ccc(Br)cc2F)cc1OC. The molecule has 0 radical (unpaired) electrons. The lowest BCUT2D eigenvalue weighted by atomic mass is 10.1. The van der Waals surface area contributed by atoms with E-state index in [0.29, 0.717) is 28.1 Å². The van der Waals surface area contributed by atoms with E-state index in [1.165, 1.54) is 19.2 Å². The highest BCUT2D eigenvalue weighted by molar-refractivity contribution is 14.1. The minimum atomic E-state index is -0.514. The Morgan fingerprint density at radius 2 is 2.09 bits per heavy atom. The summed E-state index contributed by atoms with van der Waals surface area (Å²) in [6.45, 7) is 2.36. The Morgan fingerprint density at radius 3 is 2.70 bits per heavy atom. The van der Waals surface area contributed by atoms with Crippen LogP contribution in [0, 0.1) is 9.39 Å². The molecule has 1 N–H and O–H groups in total. The van der Waals surface area contributed by atoms with E-state index in [2.05, 4.69) is 43.8 Å². The van der Waals surface area contributed by atoms with Gasteiger partial charge in [0.05, 0.1) is 23.0 Å². The van der Waals surface area contributed by atoms with Gasteiger partial charge in [-0.3, -0.25) is 4.79 Å². The monoisotopic (exact) mass is 493 g/mol. The number of carbonyl (C=O) groups is 1. The van der Waals surface area contributed by atoms with Crippen molar-refractivity contribution in [3.05, 3.63) is 49.8 Å². The first kappa shape index (κ1) is 18.0. The molecule has 0 saturated heterocycles. The summed E-state index contributed by atoms with van der Waals surface area (Å²) < 4.78 is 26.0. The minimum absolute atomic E-state index is 0.112. The number of rotatable bonds is 5. The van der Waals surface area contributed by atoms with Crippen molar-refractivity contribution >= 4 is 50.1 Å². The summed E-state index contributed by atoms with van der Waals surface area (Å²) in [6, 6.07) is 7.67. The first-order valence-electron chi connectivity index (χ1n) is 6.73. The van der Waals surface area contributed by atoms with Crippen molar-refractivity contribution in [1.29, 1.82) is 0 Å². The number of anilines is 1. The van der Waals surface area contributed by atoms with Crippen molar-refractivity contribution in [2.75, 3.05) is 19.0 Å². The average molecular weight is 494 g/mol. The average Bonchev–Trinajstić information content (AvgIpc) is 2.51. The Balaban J connectivity index is 2.30. The van der Waals surface area contributed by atoms with Gasteiger partial charge in [-0.25, -0.2) is 4.39 Å². The summed E-state index contributed by atoms with van der Waals surface area (Å²) in [5.41, 5.74) is 0.470. The maximum Gasteiger partial charge on any atom is 0.255 e. The van der Waals surface area contributed by atoms with E-state index in [-0.39, 0.29) is 5.69 Å². The van der Waals surface area contributed by atoms with Gasteiger partial charge in [-0.15, -0.1) is 0 Å². The third kappa shape index (κ3) is 4.35. The summed E-state index contributed by atoms with van der Waals surface area (Å²) in [5.74, 6) is 0.105. The van der Waals surface area contributed by atoms with Gasteiger partial charge in [0.2, 0.25) is 0 Å². The molecule has 0 bridgehead atoms. The third-order valence-corrected chi connectivity index (χ3v) is 4.25. The van der Waals surface area contributed by atoms with Gasteiger partial charge in [-0.05, 0) is 59.8 Å². The third-order valence-electron chi connectivity index (χ3n) is 2.96. The van der Waals surface area contributed by atoms with Crippen molar-refractivity contribution in [2.45, 2.75) is 6.92 Å². The van der Waals surface area contributed by atoms with E-state index < -0.39 is 11.7 Å². The van der Waals surface area contributed by atoms with Crippen LogP contribution in [0.15, 0.2) is 34.8 Å². The predicted molar refractivity (Wildman–Crippen MR) is 98.9 cm³/mol. The van der Waals surface area contributed by atoms with E-state index in [4.69, 9.17) is 9.47 Å². The Labute approximate surface area is 155 Å². The molecular formula is C16H14BrFINO3. The molecule has 1 amide bonds. The quantitative estimate of drug-likeness (QED) is 0.605. The van der Waals surface area contributed by atoms with E-state index >= 15 is 0 Å². The zero-order chi connectivity index (χ0) is 17.0. The lowest BCUT2D eigenvalue weighted by Crippen LogP contribution is -2.14. The Kier molecular flexibility index (Phi) is 6.23. The van der Waals surface area contributed by atoms with Crippen LogP contribution in [-0.2, 0) is 0 Å². The van der Waals surface area contributed by atoms with Crippen LogP contribution < -0.4 is 14.8 Å². The van der Waals surface area contributed by atoms with Crippen LogP contribution in [-0.4, -0.2) is 19.6 Å². The largest absolute Gasteiger partial charge is 0.493 e. The number of carbonyl (C=O) groups excluding carboxylic acids is 1. The van der Waals surface area contributed by atoms with Gasteiger partial charge < -0.3 is 14.8 Å². The molecule has 0 aliphatic rings. The van der Waals surface area contributed by atoms with Crippen molar-refractivity contribution < 1.29 is 18.7 Å². The number of halogens is 3. The van der Waals surface area contributed by atoms with Crippen molar-refractivity contribution in [3.8, 4) is 11.5 Å². The number of ether oxygens (including phenoxy) is 2. The molecule has 0 spiro atoms. The number of hydrogen-bond acceptors (Lipinski definition) is 3. The molecule has 0 aliphatic heterocycles. The van der Waals surface area contributed by atoms with Crippen LogP contribution in [0.3, 0.4) is 0 Å². The highest BCUT2D eigenvalue weighted by atomic mass is 127. The topological polar surface area (TPSA) is 47.6 Å². The van der Waals surface area contributed by atoms with Gasteiger partial charge in [0.1, 0.15) is 5.82 Å². The summed E-state index contributed by atoms with van der Waals surface area (Å²) in [7, 11) is 1.50. The molecule has 2 aromatic rings. The lowest BCUT2D eigenvalue weighted by molar-refractivity contribution is 0.102. The van der Waals surface area contributed by atoms with Crippen LogP contribution in [0.1, 0.15) is 17.3 Å². The number of methoxy groups -OCH3 is 1. The van der Waals surface area contributed by atoms with E-state index in [1.54, 1.807) is 18.2 Å². The first-order valence-corrected chi connectivity index (χ1v) is 8.60. The van der Waals surface area contributed by atoms with Gasteiger partial charge >= 0.3 is 0 Å². The highest BCUT2D eigenvalue weighted by Crippen LogP contribution is 2.34. The van der Waals surface area contributed by atoms with Gasteiger partial charge in [-0.2, -0.15) is 0 Å². The Bertz CT molecular complexity index is 740. The fourth-order valence-electron chi connectivity index (χ4n) is 1.92. The predicted octanol–water partition coefficient (Wildman–Crippen LogP) is 4.85. The van der Waals surface area contributed by atoms with Crippen LogP contribution in [0.25, 0.3) is 0 Å². The second kappa shape index (κ2) is 7.96. The molecule has 0 aliphatic carbocycles. The summed E-state index contributed by atoms with van der Waals surface area (Å²) in [4.78, 5) is 12.4. The summed E-state index contributed by atoms with van der Waals surface area (Å²) >= 11 is 5.24. The Hall–Kier alpha value is -1.35. The van der Waals surface area contributed by atoms with E-state index in [1.807, 2.05) is 6.92 Å². The second-order valence-electron chi connectivity index (χ2n) is 4.50. The number of hydrogen-bond donors (Lipinski definition) is 1. The fourth-order valence-corrected chi connectivity index (χ4v) is 3.01. The van der Waals surface area contributed by atoms with Crippen LogP contribution in [0.4, 0.5) is 10.1 Å².